The molecule has 4 aromatic carbocycles. The summed E-state index contributed by atoms with van der Waals surface area (Å²) in [5.41, 5.74) is 4.49. The van der Waals surface area contributed by atoms with Crippen molar-refractivity contribution in [1.29, 1.82) is 0 Å². The van der Waals surface area contributed by atoms with Gasteiger partial charge in [-0.05, 0) is 33.9 Å². The Kier molecular flexibility index (Phi) is 8.58. The lowest BCUT2D eigenvalue weighted by atomic mass is 9.88. The second-order valence-corrected chi connectivity index (χ2v) is 11.5. The monoisotopic (exact) mass is 616 g/mol. The maximum atomic E-state index is 10.8. The first kappa shape index (κ1) is 29.8. The van der Waals surface area contributed by atoms with Crippen molar-refractivity contribution in [3.05, 3.63) is 126 Å². The Labute approximate surface area is 266 Å². The molecule has 5 N–H and O–H groups in total. The normalized spacial score (nSPS) is 19.7. The first-order valence-corrected chi connectivity index (χ1v) is 15.5. The van der Waals surface area contributed by atoms with Gasteiger partial charge in [-0.15, -0.1) is 0 Å². The number of imidazole rings is 1. The Morgan fingerprint density at radius 2 is 1.48 bits per heavy atom. The lowest BCUT2D eigenvalue weighted by Crippen LogP contribution is -2.33. The zero-order valence-corrected chi connectivity index (χ0v) is 25.1. The lowest BCUT2D eigenvalue weighted by molar-refractivity contribution is -0.0511. The van der Waals surface area contributed by atoms with Crippen molar-refractivity contribution in [3.8, 4) is 0 Å². The van der Waals surface area contributed by atoms with Gasteiger partial charge in [0, 0.05) is 19.0 Å². The molecule has 0 radical (unpaired) electrons. The highest BCUT2D eigenvalue weighted by atomic mass is 16.6. The quantitative estimate of drug-likeness (QED) is 0.139. The summed E-state index contributed by atoms with van der Waals surface area (Å²) >= 11 is 0. The molecule has 1 aliphatic heterocycles. The van der Waals surface area contributed by atoms with Gasteiger partial charge in [-0.25, -0.2) is 4.98 Å². The highest BCUT2D eigenvalue weighted by molar-refractivity contribution is 5.86. The lowest BCUT2D eigenvalue weighted by Gasteiger charge is -2.19. The first-order chi connectivity index (χ1) is 22.6. The molecule has 234 valence electrons. The van der Waals surface area contributed by atoms with E-state index in [1.54, 1.807) is 4.57 Å². The van der Waals surface area contributed by atoms with Crippen LogP contribution in [0.5, 0.6) is 0 Å². The third-order valence-electron chi connectivity index (χ3n) is 8.66. The van der Waals surface area contributed by atoms with E-state index in [1.165, 1.54) is 17.5 Å². The molecule has 10 nitrogen and oxygen atoms in total. The van der Waals surface area contributed by atoms with Gasteiger partial charge in [-0.3, -0.25) is 4.57 Å². The van der Waals surface area contributed by atoms with E-state index in [-0.39, 0.29) is 5.92 Å². The number of ether oxygens (including phenoxy) is 1. The number of aromatic nitrogens is 4. The summed E-state index contributed by atoms with van der Waals surface area (Å²) < 4.78 is 7.42. The summed E-state index contributed by atoms with van der Waals surface area (Å²) in [5, 5.41) is 40.1. The van der Waals surface area contributed by atoms with Crippen LogP contribution in [0.1, 0.15) is 35.3 Å². The zero-order chi connectivity index (χ0) is 31.5. The van der Waals surface area contributed by atoms with Crippen molar-refractivity contribution >= 4 is 33.7 Å². The van der Waals surface area contributed by atoms with E-state index in [0.717, 1.165) is 22.8 Å². The standard InChI is InChI=1S/C36H36N6O4/c43-21-29-31(44)32(45)35(46-29)42-22-39-30-33(37-19-18-28(23-10-3-1-4-11-23)24-12-5-2-6-13-24)40-36(41-34(30)42)38-20-26-16-9-15-25-14-7-8-17-27(25)26/h1-17,22,28-29,31-32,35,43-45H,18-21H2,(H2,37,38,40,41)/t29-,31-,32-,35-/m1/s1. The van der Waals surface area contributed by atoms with Crippen LogP contribution in [0.4, 0.5) is 11.8 Å². The van der Waals surface area contributed by atoms with Gasteiger partial charge in [-0.2, -0.15) is 9.97 Å². The van der Waals surface area contributed by atoms with E-state index in [9.17, 15) is 15.3 Å². The van der Waals surface area contributed by atoms with E-state index < -0.39 is 31.1 Å². The smallest absolute Gasteiger partial charge is 0.227 e. The minimum absolute atomic E-state index is 0.174. The van der Waals surface area contributed by atoms with E-state index in [2.05, 4.69) is 88.4 Å². The molecular formula is C36H36N6O4. The van der Waals surface area contributed by atoms with Gasteiger partial charge in [0.25, 0.3) is 0 Å². The second kappa shape index (κ2) is 13.2. The van der Waals surface area contributed by atoms with Gasteiger partial charge in [0.15, 0.2) is 23.2 Å². The summed E-state index contributed by atoms with van der Waals surface area (Å²) in [6.07, 6.45) is -2.10. The first-order valence-electron chi connectivity index (χ1n) is 15.5. The highest BCUT2D eigenvalue weighted by Gasteiger charge is 2.44. The predicted octanol–water partition coefficient (Wildman–Crippen LogP) is 4.84. The van der Waals surface area contributed by atoms with Crippen LogP contribution in [0.25, 0.3) is 21.9 Å². The summed E-state index contributed by atoms with van der Waals surface area (Å²) in [5.74, 6) is 1.09. The molecule has 46 heavy (non-hydrogen) atoms. The molecule has 0 bridgehead atoms. The third-order valence-corrected chi connectivity index (χ3v) is 8.66. The Morgan fingerprint density at radius 1 is 0.783 bits per heavy atom. The second-order valence-electron chi connectivity index (χ2n) is 11.5. The molecular weight excluding hydrogens is 580 g/mol. The van der Waals surface area contributed by atoms with E-state index in [1.807, 2.05) is 30.3 Å². The van der Waals surface area contributed by atoms with E-state index in [4.69, 9.17) is 14.7 Å². The van der Waals surface area contributed by atoms with Crippen molar-refractivity contribution in [3.63, 3.8) is 0 Å². The molecule has 6 aromatic rings. The van der Waals surface area contributed by atoms with Crippen LogP contribution < -0.4 is 10.6 Å². The SMILES string of the molecule is OC[C@H]1O[C@@H](n2cnc3c(NCCC(c4ccccc4)c4ccccc4)nc(NCc4cccc5ccccc45)nc32)[C@H](O)[C@@H]1O. The van der Waals surface area contributed by atoms with E-state index in [0.29, 0.717) is 36.0 Å². The average Bonchev–Trinajstić information content (AvgIpc) is 3.66. The number of anilines is 2. The third kappa shape index (κ3) is 5.91. The van der Waals surface area contributed by atoms with Crippen molar-refractivity contribution in [2.75, 3.05) is 23.8 Å². The van der Waals surface area contributed by atoms with E-state index >= 15 is 0 Å². The highest BCUT2D eigenvalue weighted by Crippen LogP contribution is 2.34. The minimum atomic E-state index is -1.27. The molecule has 10 heteroatoms. The van der Waals surface area contributed by atoms with Crippen molar-refractivity contribution in [1.82, 2.24) is 19.5 Å². The molecule has 0 aliphatic carbocycles. The number of hydrogen-bond donors (Lipinski definition) is 5. The van der Waals surface area contributed by atoms with Crippen LogP contribution in [0, 0.1) is 0 Å². The number of nitrogens with zero attached hydrogens (tertiary/aromatic N) is 4. The molecule has 0 unspecified atom stereocenters. The van der Waals surface area contributed by atoms with Crippen LogP contribution in [0.3, 0.4) is 0 Å². The molecule has 3 heterocycles. The summed E-state index contributed by atoms with van der Waals surface area (Å²) in [6.45, 7) is 0.660. The molecule has 0 saturated carbocycles. The van der Waals surface area contributed by atoms with Gasteiger partial charge in [0.05, 0.1) is 12.9 Å². The Bertz CT molecular complexity index is 1870. The van der Waals surface area contributed by atoms with Gasteiger partial charge in [0.2, 0.25) is 5.95 Å². The Morgan fingerprint density at radius 3 is 2.20 bits per heavy atom. The molecule has 1 aliphatic rings. The topological polar surface area (TPSA) is 138 Å². The maximum absolute atomic E-state index is 10.8. The van der Waals surface area contributed by atoms with Crippen LogP contribution in [0.15, 0.2) is 109 Å². The Balaban J connectivity index is 1.20. The van der Waals surface area contributed by atoms with Crippen LogP contribution in [0.2, 0.25) is 0 Å². The average molecular weight is 617 g/mol. The molecule has 0 spiro atoms. The predicted molar refractivity (Wildman–Crippen MR) is 177 cm³/mol. The molecule has 7 rings (SSSR count). The largest absolute Gasteiger partial charge is 0.394 e. The van der Waals surface area contributed by atoms with Gasteiger partial charge < -0.3 is 30.7 Å². The number of hydrogen-bond acceptors (Lipinski definition) is 9. The maximum Gasteiger partial charge on any atom is 0.227 e. The number of benzene rings is 4. The van der Waals surface area contributed by atoms with Crippen LogP contribution in [-0.4, -0.2) is 66.3 Å². The molecule has 2 aromatic heterocycles. The fourth-order valence-electron chi connectivity index (χ4n) is 6.27. The van der Waals surface area contributed by atoms with Gasteiger partial charge in [-0.1, -0.05) is 103 Å². The molecule has 1 fully saturated rings. The number of aliphatic hydroxyl groups excluding tert-OH is 3. The summed E-state index contributed by atoms with van der Waals surface area (Å²) in [4.78, 5) is 14.2. The van der Waals surface area contributed by atoms with Crippen LogP contribution in [-0.2, 0) is 11.3 Å². The van der Waals surface area contributed by atoms with Crippen LogP contribution >= 0.6 is 0 Å². The fraction of sp³-hybridized carbons (Fsp3) is 0.250. The fourth-order valence-corrected chi connectivity index (χ4v) is 6.27. The number of fused-ring (bicyclic) bond motifs is 2. The molecule has 1 saturated heterocycles. The van der Waals surface area contributed by atoms with Crippen molar-refractivity contribution in [2.24, 2.45) is 0 Å². The summed E-state index contributed by atoms with van der Waals surface area (Å²) in [7, 11) is 0. The number of rotatable bonds is 11. The Hall–Kier alpha value is -4.87. The number of nitrogens with one attached hydrogen (secondary N) is 2. The zero-order valence-electron chi connectivity index (χ0n) is 25.1. The van der Waals surface area contributed by atoms with Crippen molar-refractivity contribution in [2.45, 2.75) is 43.4 Å². The van der Waals surface area contributed by atoms with Gasteiger partial charge in [0.1, 0.15) is 18.3 Å². The van der Waals surface area contributed by atoms with Gasteiger partial charge >= 0.3 is 0 Å². The minimum Gasteiger partial charge on any atom is -0.394 e. The molecule has 4 atom stereocenters. The summed E-state index contributed by atoms with van der Waals surface area (Å²) in [6, 6.07) is 35.3. The molecule has 0 amide bonds. The number of aliphatic hydroxyl groups is 3. The van der Waals surface area contributed by atoms with Crippen molar-refractivity contribution < 1.29 is 20.1 Å².